The highest BCUT2D eigenvalue weighted by atomic mass is 16.4. The first-order chi connectivity index (χ1) is 26.1. The van der Waals surface area contributed by atoms with Gasteiger partial charge in [0.05, 0.1) is 0 Å². The van der Waals surface area contributed by atoms with Crippen LogP contribution in [0.4, 0.5) is 0 Å². The van der Waals surface area contributed by atoms with Gasteiger partial charge in [-0.2, -0.15) is 0 Å². The molecule has 2 N–H and O–H groups in total. The van der Waals surface area contributed by atoms with E-state index in [0.717, 1.165) is 11.1 Å². The number of hydrogen-bond donors (Lipinski definition) is 2. The van der Waals surface area contributed by atoms with Crippen LogP contribution in [0.25, 0.3) is 75.8 Å². The lowest BCUT2D eigenvalue weighted by atomic mass is 9.90. The Morgan fingerprint density at radius 1 is 0.426 bits per heavy atom. The summed E-state index contributed by atoms with van der Waals surface area (Å²) in [5.41, 5.74) is 6.11. The van der Waals surface area contributed by atoms with Crippen molar-refractivity contribution in [2.24, 2.45) is 0 Å². The van der Waals surface area contributed by atoms with Crippen LogP contribution in [0.1, 0.15) is 38.8 Å². The summed E-state index contributed by atoms with van der Waals surface area (Å²) in [7, 11) is 0. The zero-order chi connectivity index (χ0) is 37.9. The molecule has 0 unspecified atom stereocenters. The maximum absolute atomic E-state index is 10.7. The molecule has 0 spiro atoms. The minimum Gasteiger partial charge on any atom is -0.478 e. The molecular weight excluding hydrogens is 665 g/mol. The summed E-state index contributed by atoms with van der Waals surface area (Å²) in [6.45, 7) is 7.74. The summed E-state index contributed by atoms with van der Waals surface area (Å²) in [4.78, 5) is 21.4. The van der Waals surface area contributed by atoms with Crippen LogP contribution >= 0.6 is 0 Å². The molecule has 4 nitrogen and oxygen atoms in total. The van der Waals surface area contributed by atoms with E-state index < -0.39 is 11.9 Å². The van der Waals surface area contributed by atoms with Gasteiger partial charge in [0.2, 0.25) is 0 Å². The molecule has 8 aromatic carbocycles. The summed E-state index contributed by atoms with van der Waals surface area (Å²) in [5, 5.41) is 32.9. The van der Waals surface area contributed by atoms with Crippen LogP contribution in [-0.4, -0.2) is 22.2 Å². The molecule has 0 atom stereocenters. The van der Waals surface area contributed by atoms with E-state index in [1.807, 2.05) is 36.5 Å². The van der Waals surface area contributed by atoms with E-state index in [1.165, 1.54) is 87.9 Å². The average molecular weight is 705 g/mol. The average Bonchev–Trinajstić information content (AvgIpc) is 3.15. The number of benzene rings is 8. The van der Waals surface area contributed by atoms with Crippen LogP contribution in [0.15, 0.2) is 169 Å². The maximum atomic E-state index is 10.7. The van der Waals surface area contributed by atoms with Crippen molar-refractivity contribution in [1.82, 2.24) is 0 Å². The van der Waals surface area contributed by atoms with Crippen LogP contribution < -0.4 is 0 Å². The van der Waals surface area contributed by atoms with Gasteiger partial charge in [-0.25, -0.2) is 9.59 Å². The Balaban J connectivity index is 0.000000167. The molecular formula is C50H40O4. The molecule has 0 fully saturated rings. The fourth-order valence-corrected chi connectivity index (χ4v) is 7.51. The molecule has 0 heterocycles. The summed E-state index contributed by atoms with van der Waals surface area (Å²) in [5.74, 6) is -1.85. The lowest BCUT2D eigenvalue weighted by Gasteiger charge is -2.14. The SMILES string of the molecule is CC(/C=C/C=C(\C)c1ccc2ccc3cccc4ccc1c2c34)=C\C(=O)O.CC(/C=C/C=C(\C)c1ccc2ccc3cccc4ccc1c2c34)=C\C(=O)O. The number of aliphatic carboxylic acids is 2. The highest BCUT2D eigenvalue weighted by Gasteiger charge is 2.12. The van der Waals surface area contributed by atoms with Crippen LogP contribution in [0.3, 0.4) is 0 Å². The Hall–Kier alpha value is -6.78. The fraction of sp³-hybridized carbons (Fsp3) is 0.0800. The van der Waals surface area contributed by atoms with Crippen LogP contribution in [-0.2, 0) is 9.59 Å². The number of allylic oxidation sites excluding steroid dienone is 10. The van der Waals surface area contributed by atoms with Gasteiger partial charge in [0, 0.05) is 12.2 Å². The van der Waals surface area contributed by atoms with Gasteiger partial charge in [-0.15, -0.1) is 0 Å². The Bertz CT molecular complexity index is 2680. The molecule has 264 valence electrons. The molecule has 8 aromatic rings. The van der Waals surface area contributed by atoms with Gasteiger partial charge in [-0.3, -0.25) is 0 Å². The third-order valence-electron chi connectivity index (χ3n) is 10.0. The Kier molecular flexibility index (Phi) is 9.93. The molecule has 0 amide bonds. The standard InChI is InChI=1S/2C25H20O2/c2*1-16(15-23(26)27)5-3-6-17(2)21-13-11-20-10-9-18-7-4-8-19-12-14-22(21)25(20)24(18)19/h2*3-15H,1-2H3,(H,26,27)/b2*5-3+,16-15+,17-6+. The van der Waals surface area contributed by atoms with Gasteiger partial charge in [-0.05, 0) is 126 Å². The molecule has 0 radical (unpaired) electrons. The summed E-state index contributed by atoms with van der Waals surface area (Å²) in [6.07, 6.45) is 13.9. The van der Waals surface area contributed by atoms with Crippen molar-refractivity contribution in [3.63, 3.8) is 0 Å². The summed E-state index contributed by atoms with van der Waals surface area (Å²) >= 11 is 0. The van der Waals surface area contributed by atoms with Crippen LogP contribution in [0, 0.1) is 0 Å². The van der Waals surface area contributed by atoms with Gasteiger partial charge >= 0.3 is 11.9 Å². The zero-order valence-corrected chi connectivity index (χ0v) is 30.7. The second-order valence-corrected chi connectivity index (χ2v) is 13.8. The normalized spacial score (nSPS) is 13.4. The highest BCUT2D eigenvalue weighted by molar-refractivity contribution is 6.25. The minimum atomic E-state index is -0.926. The molecule has 4 heteroatoms. The van der Waals surface area contributed by atoms with Gasteiger partial charge < -0.3 is 10.2 Å². The van der Waals surface area contributed by atoms with Crippen LogP contribution in [0.5, 0.6) is 0 Å². The monoisotopic (exact) mass is 704 g/mol. The lowest BCUT2D eigenvalue weighted by molar-refractivity contribution is -0.132. The largest absolute Gasteiger partial charge is 0.478 e. The minimum absolute atomic E-state index is 0.710. The van der Waals surface area contributed by atoms with Gasteiger partial charge in [0.25, 0.3) is 0 Å². The van der Waals surface area contributed by atoms with E-state index in [0.29, 0.717) is 11.1 Å². The highest BCUT2D eigenvalue weighted by Crippen LogP contribution is 2.39. The lowest BCUT2D eigenvalue weighted by Crippen LogP contribution is -1.88. The van der Waals surface area contributed by atoms with E-state index in [2.05, 4.69) is 123 Å². The Morgan fingerprint density at radius 2 is 0.741 bits per heavy atom. The molecule has 0 saturated heterocycles. The van der Waals surface area contributed by atoms with Gasteiger partial charge in [0.1, 0.15) is 0 Å². The predicted octanol–water partition coefficient (Wildman–Crippen LogP) is 13.1. The van der Waals surface area contributed by atoms with E-state index in [4.69, 9.17) is 10.2 Å². The third-order valence-corrected chi connectivity index (χ3v) is 10.0. The van der Waals surface area contributed by atoms with Crippen molar-refractivity contribution >= 4 is 87.7 Å². The number of hydrogen-bond acceptors (Lipinski definition) is 2. The second kappa shape index (κ2) is 15.1. The molecule has 0 bridgehead atoms. The van der Waals surface area contributed by atoms with Gasteiger partial charge in [-0.1, -0.05) is 146 Å². The molecule has 0 aliphatic carbocycles. The van der Waals surface area contributed by atoms with E-state index in [-0.39, 0.29) is 0 Å². The topological polar surface area (TPSA) is 74.6 Å². The van der Waals surface area contributed by atoms with Crippen LogP contribution in [0.2, 0.25) is 0 Å². The van der Waals surface area contributed by atoms with Crippen molar-refractivity contribution in [2.45, 2.75) is 27.7 Å². The molecule has 0 aromatic heterocycles. The predicted molar refractivity (Wildman–Crippen MR) is 229 cm³/mol. The van der Waals surface area contributed by atoms with E-state index in [1.54, 1.807) is 13.8 Å². The molecule has 0 aliphatic rings. The maximum Gasteiger partial charge on any atom is 0.328 e. The molecule has 8 rings (SSSR count). The molecule has 54 heavy (non-hydrogen) atoms. The Labute approximate surface area is 314 Å². The van der Waals surface area contributed by atoms with Crippen molar-refractivity contribution < 1.29 is 19.8 Å². The third kappa shape index (κ3) is 7.15. The van der Waals surface area contributed by atoms with Crippen molar-refractivity contribution in [3.8, 4) is 0 Å². The number of carboxylic acid groups (broad SMARTS) is 2. The molecule has 0 aliphatic heterocycles. The number of rotatable bonds is 8. The summed E-state index contributed by atoms with van der Waals surface area (Å²) < 4.78 is 0. The first kappa shape index (κ1) is 35.6. The van der Waals surface area contributed by atoms with E-state index >= 15 is 0 Å². The first-order valence-corrected chi connectivity index (χ1v) is 18.0. The summed E-state index contributed by atoms with van der Waals surface area (Å²) in [6, 6.07) is 39.1. The van der Waals surface area contributed by atoms with Gasteiger partial charge in [0.15, 0.2) is 0 Å². The first-order valence-electron chi connectivity index (χ1n) is 18.0. The number of carbonyl (C=O) groups is 2. The van der Waals surface area contributed by atoms with Crippen molar-refractivity contribution in [2.75, 3.05) is 0 Å². The van der Waals surface area contributed by atoms with Crippen molar-refractivity contribution in [3.05, 3.63) is 180 Å². The quantitative estimate of drug-likeness (QED) is 0.0938. The number of carboxylic acids is 2. The Morgan fingerprint density at radius 3 is 1.09 bits per heavy atom. The van der Waals surface area contributed by atoms with Crippen molar-refractivity contribution in [1.29, 1.82) is 0 Å². The smallest absolute Gasteiger partial charge is 0.328 e. The second-order valence-electron chi connectivity index (χ2n) is 13.8. The fourth-order valence-electron chi connectivity index (χ4n) is 7.51. The zero-order valence-electron chi connectivity index (χ0n) is 30.7. The molecule has 0 saturated carbocycles. The van der Waals surface area contributed by atoms with E-state index in [9.17, 15) is 9.59 Å².